The number of hydrogen-bond acceptors (Lipinski definition) is 6. The van der Waals surface area contributed by atoms with Crippen LogP contribution in [0.3, 0.4) is 0 Å². The number of thiophene rings is 1. The Morgan fingerprint density at radius 2 is 2.18 bits per heavy atom. The molecule has 0 aliphatic rings. The Morgan fingerprint density at radius 1 is 1.32 bits per heavy atom. The first kappa shape index (κ1) is 18.3. The minimum Gasteiger partial charge on any atom is -0.465 e. The van der Waals surface area contributed by atoms with Crippen LogP contribution in [0.15, 0.2) is 53.2 Å². The highest BCUT2D eigenvalue weighted by Gasteiger charge is 2.18. The van der Waals surface area contributed by atoms with E-state index in [9.17, 15) is 9.59 Å². The van der Waals surface area contributed by atoms with Gasteiger partial charge in [0.05, 0.1) is 18.7 Å². The van der Waals surface area contributed by atoms with Gasteiger partial charge in [0.1, 0.15) is 10.6 Å². The van der Waals surface area contributed by atoms with E-state index in [0.717, 1.165) is 10.1 Å². The molecule has 142 valence electrons. The maximum absolute atomic E-state index is 12.5. The number of carbonyl (C=O) groups excluding carboxylic acids is 2. The van der Waals surface area contributed by atoms with Crippen molar-refractivity contribution in [2.75, 3.05) is 12.4 Å². The summed E-state index contributed by atoms with van der Waals surface area (Å²) in [4.78, 5) is 24.6. The quantitative estimate of drug-likeness (QED) is 0.487. The van der Waals surface area contributed by atoms with Gasteiger partial charge in [-0.3, -0.25) is 9.48 Å². The number of methoxy groups -OCH3 is 1. The van der Waals surface area contributed by atoms with Gasteiger partial charge in [0, 0.05) is 28.2 Å². The van der Waals surface area contributed by atoms with E-state index >= 15 is 0 Å². The van der Waals surface area contributed by atoms with E-state index in [4.69, 9.17) is 20.8 Å². The molecule has 4 rings (SSSR count). The van der Waals surface area contributed by atoms with Crippen LogP contribution in [-0.4, -0.2) is 28.8 Å². The van der Waals surface area contributed by atoms with Crippen molar-refractivity contribution in [3.8, 4) is 0 Å². The molecule has 0 radical (unpaired) electrons. The summed E-state index contributed by atoms with van der Waals surface area (Å²) in [5.41, 5.74) is 0.567. The minimum absolute atomic E-state index is 0.196. The fourth-order valence-corrected chi connectivity index (χ4v) is 4.16. The second-order valence-electron chi connectivity index (χ2n) is 5.87. The van der Waals surface area contributed by atoms with Crippen LogP contribution in [0.25, 0.3) is 10.1 Å². The number of fused-ring (bicyclic) bond motifs is 1. The van der Waals surface area contributed by atoms with Gasteiger partial charge in [0.25, 0.3) is 5.91 Å². The average molecular weight is 416 g/mol. The number of furan rings is 1. The molecule has 3 heterocycles. The van der Waals surface area contributed by atoms with Gasteiger partial charge < -0.3 is 14.5 Å². The number of aromatic nitrogens is 2. The second kappa shape index (κ2) is 7.49. The number of rotatable bonds is 5. The molecule has 1 amide bonds. The molecule has 28 heavy (non-hydrogen) atoms. The summed E-state index contributed by atoms with van der Waals surface area (Å²) >= 11 is 7.45. The van der Waals surface area contributed by atoms with Gasteiger partial charge in [-0.25, -0.2) is 4.79 Å². The first-order chi connectivity index (χ1) is 13.5. The number of halogens is 1. The molecule has 0 spiro atoms. The molecular formula is C19H14ClN3O4S. The number of anilines is 1. The highest BCUT2D eigenvalue weighted by molar-refractivity contribution is 7.21. The Bertz CT molecular complexity index is 1160. The van der Waals surface area contributed by atoms with Crippen molar-refractivity contribution in [3.63, 3.8) is 0 Å². The fourth-order valence-electron chi connectivity index (χ4n) is 2.70. The molecule has 0 fully saturated rings. The molecule has 1 N–H and O–H groups in total. The van der Waals surface area contributed by atoms with E-state index in [2.05, 4.69) is 10.4 Å². The number of benzene rings is 1. The largest absolute Gasteiger partial charge is 0.465 e. The molecule has 0 aliphatic carbocycles. The molecule has 4 aromatic rings. The van der Waals surface area contributed by atoms with Crippen LogP contribution in [0.1, 0.15) is 26.0 Å². The van der Waals surface area contributed by atoms with Gasteiger partial charge in [-0.05, 0) is 36.4 Å². The van der Waals surface area contributed by atoms with E-state index < -0.39 is 5.97 Å². The first-order valence-corrected chi connectivity index (χ1v) is 9.42. The lowest BCUT2D eigenvalue weighted by atomic mass is 10.2. The van der Waals surface area contributed by atoms with Crippen molar-refractivity contribution >= 4 is 50.6 Å². The van der Waals surface area contributed by atoms with Crippen LogP contribution >= 0.6 is 22.9 Å². The molecule has 0 saturated heterocycles. The lowest BCUT2D eigenvalue weighted by molar-refractivity contribution is 0.0606. The summed E-state index contributed by atoms with van der Waals surface area (Å²) in [6.07, 6.45) is 3.49. The number of amides is 1. The van der Waals surface area contributed by atoms with E-state index in [1.165, 1.54) is 18.4 Å². The van der Waals surface area contributed by atoms with Gasteiger partial charge in [0.15, 0.2) is 5.76 Å². The zero-order valence-electron chi connectivity index (χ0n) is 14.6. The Balaban J connectivity index is 1.52. The predicted molar refractivity (Wildman–Crippen MR) is 106 cm³/mol. The van der Waals surface area contributed by atoms with Crippen LogP contribution in [0, 0.1) is 0 Å². The number of nitrogens with one attached hydrogen (secondary N) is 1. The summed E-state index contributed by atoms with van der Waals surface area (Å²) in [7, 11) is 1.30. The average Bonchev–Trinajstić information content (AvgIpc) is 3.43. The third kappa shape index (κ3) is 3.51. The fraction of sp³-hybridized carbons (Fsp3) is 0.105. The number of nitrogens with zero attached hydrogens (tertiary/aromatic N) is 2. The molecule has 0 atom stereocenters. The van der Waals surface area contributed by atoms with E-state index in [-0.39, 0.29) is 11.7 Å². The van der Waals surface area contributed by atoms with Gasteiger partial charge in [-0.1, -0.05) is 11.6 Å². The molecule has 0 aliphatic heterocycles. The Morgan fingerprint density at radius 3 is 2.93 bits per heavy atom. The standard InChI is InChI=1S/C19H14ClN3O4S/c1-26-19(25)17-16(20)13-5-3-11(9-15(13)28-17)22-18(24)14-6-4-12(27-14)10-23-8-2-7-21-23/h2-9H,10H2,1H3,(H,22,24). The smallest absolute Gasteiger partial charge is 0.349 e. The zero-order chi connectivity index (χ0) is 19.7. The van der Waals surface area contributed by atoms with E-state index in [1.54, 1.807) is 41.2 Å². The minimum atomic E-state index is -0.489. The summed E-state index contributed by atoms with van der Waals surface area (Å²) in [5.74, 6) is -0.0437. The lowest BCUT2D eigenvalue weighted by Crippen LogP contribution is -2.10. The van der Waals surface area contributed by atoms with Gasteiger partial charge in [0.2, 0.25) is 0 Å². The van der Waals surface area contributed by atoms with Crippen LogP contribution in [0.5, 0.6) is 0 Å². The van der Waals surface area contributed by atoms with Gasteiger partial charge in [-0.2, -0.15) is 5.10 Å². The SMILES string of the molecule is COC(=O)c1sc2cc(NC(=O)c3ccc(Cn4cccn4)o3)ccc2c1Cl. The van der Waals surface area contributed by atoms with Crippen molar-refractivity contribution in [2.45, 2.75) is 6.54 Å². The van der Waals surface area contributed by atoms with Crippen LogP contribution in [-0.2, 0) is 11.3 Å². The predicted octanol–water partition coefficient (Wildman–Crippen LogP) is 4.43. The topological polar surface area (TPSA) is 86.4 Å². The number of esters is 1. The Kier molecular flexibility index (Phi) is 4.89. The molecule has 0 bridgehead atoms. The molecular weight excluding hydrogens is 402 g/mol. The molecule has 7 nitrogen and oxygen atoms in total. The Hall–Kier alpha value is -3.10. The maximum Gasteiger partial charge on any atom is 0.349 e. The van der Waals surface area contributed by atoms with Crippen molar-refractivity contribution in [2.24, 2.45) is 0 Å². The van der Waals surface area contributed by atoms with E-state index in [0.29, 0.717) is 27.9 Å². The van der Waals surface area contributed by atoms with Crippen molar-refractivity contribution in [1.82, 2.24) is 9.78 Å². The van der Waals surface area contributed by atoms with Crippen LogP contribution < -0.4 is 5.32 Å². The van der Waals surface area contributed by atoms with Gasteiger partial charge >= 0.3 is 5.97 Å². The van der Waals surface area contributed by atoms with Crippen LogP contribution in [0.2, 0.25) is 5.02 Å². The first-order valence-electron chi connectivity index (χ1n) is 8.23. The highest BCUT2D eigenvalue weighted by Crippen LogP contribution is 2.37. The highest BCUT2D eigenvalue weighted by atomic mass is 35.5. The number of ether oxygens (including phenoxy) is 1. The van der Waals surface area contributed by atoms with E-state index in [1.807, 2.05) is 12.3 Å². The molecule has 9 heteroatoms. The third-order valence-electron chi connectivity index (χ3n) is 4.02. The van der Waals surface area contributed by atoms with Gasteiger partial charge in [-0.15, -0.1) is 11.3 Å². The van der Waals surface area contributed by atoms with Crippen molar-refractivity contribution in [3.05, 3.63) is 70.2 Å². The molecule has 1 aromatic carbocycles. The molecule has 0 unspecified atom stereocenters. The molecule has 0 saturated carbocycles. The summed E-state index contributed by atoms with van der Waals surface area (Å²) in [6.45, 7) is 0.441. The maximum atomic E-state index is 12.5. The van der Waals surface area contributed by atoms with Crippen molar-refractivity contribution < 1.29 is 18.7 Å². The number of hydrogen-bond donors (Lipinski definition) is 1. The summed E-state index contributed by atoms with van der Waals surface area (Å²) in [6, 6.07) is 10.4. The monoisotopic (exact) mass is 415 g/mol. The summed E-state index contributed by atoms with van der Waals surface area (Å²) < 4.78 is 12.8. The summed E-state index contributed by atoms with van der Waals surface area (Å²) in [5, 5.41) is 7.96. The van der Waals surface area contributed by atoms with Crippen molar-refractivity contribution in [1.29, 1.82) is 0 Å². The molecule has 3 aromatic heterocycles. The lowest BCUT2D eigenvalue weighted by Gasteiger charge is -2.03. The normalized spacial score (nSPS) is 10.9. The zero-order valence-corrected chi connectivity index (χ0v) is 16.2. The van der Waals surface area contributed by atoms with Crippen LogP contribution in [0.4, 0.5) is 5.69 Å². The second-order valence-corrected chi connectivity index (χ2v) is 7.30. The Labute approximate surface area is 168 Å². The number of carbonyl (C=O) groups is 2. The third-order valence-corrected chi connectivity index (χ3v) is 5.66.